The zero-order valence-electron chi connectivity index (χ0n) is 11.7. The molecule has 0 aliphatic heterocycles. The molecule has 0 radical (unpaired) electrons. The summed E-state index contributed by atoms with van der Waals surface area (Å²) in [6.45, 7) is 0.951. The van der Waals surface area contributed by atoms with Crippen LogP contribution >= 0.6 is 11.3 Å². The van der Waals surface area contributed by atoms with Crippen molar-refractivity contribution in [1.82, 2.24) is 0 Å². The summed E-state index contributed by atoms with van der Waals surface area (Å²) in [6.07, 6.45) is 0. The van der Waals surface area contributed by atoms with Gasteiger partial charge in [-0.25, -0.2) is 0 Å². The van der Waals surface area contributed by atoms with Crippen molar-refractivity contribution < 1.29 is 4.74 Å². The molecule has 0 atom stereocenters. The van der Waals surface area contributed by atoms with E-state index in [0.717, 1.165) is 21.2 Å². The van der Waals surface area contributed by atoms with Gasteiger partial charge in [0.2, 0.25) is 0 Å². The SMILES string of the molecule is CN(C)c1cccc(OCc2ccc(C#CCN)s2)c1. The number of hydrogen-bond donors (Lipinski definition) is 1. The molecule has 1 aromatic heterocycles. The number of anilines is 1. The Hall–Kier alpha value is -1.96. The zero-order chi connectivity index (χ0) is 14.4. The van der Waals surface area contributed by atoms with Crippen LogP contribution in [0.4, 0.5) is 5.69 Å². The highest BCUT2D eigenvalue weighted by Crippen LogP contribution is 2.22. The molecule has 0 aliphatic rings. The van der Waals surface area contributed by atoms with Crippen LogP contribution in [0.25, 0.3) is 0 Å². The summed E-state index contributed by atoms with van der Waals surface area (Å²) in [5.41, 5.74) is 6.49. The van der Waals surface area contributed by atoms with Gasteiger partial charge in [0.05, 0.1) is 11.4 Å². The van der Waals surface area contributed by atoms with Crippen molar-refractivity contribution in [1.29, 1.82) is 0 Å². The molecule has 1 heterocycles. The Bertz CT molecular complexity index is 623. The molecule has 3 nitrogen and oxygen atoms in total. The Labute approximate surface area is 124 Å². The highest BCUT2D eigenvalue weighted by Gasteiger charge is 2.01. The number of thiophene rings is 1. The van der Waals surface area contributed by atoms with Crippen molar-refractivity contribution in [2.24, 2.45) is 5.73 Å². The minimum absolute atomic E-state index is 0.390. The van der Waals surface area contributed by atoms with Crippen LogP contribution < -0.4 is 15.4 Å². The van der Waals surface area contributed by atoms with Crippen LogP contribution in [0.5, 0.6) is 5.75 Å². The third-order valence-corrected chi connectivity index (χ3v) is 3.66. The molecule has 0 saturated heterocycles. The maximum atomic E-state index is 5.81. The van der Waals surface area contributed by atoms with Gasteiger partial charge in [0.15, 0.2) is 0 Å². The first-order valence-electron chi connectivity index (χ1n) is 6.37. The van der Waals surface area contributed by atoms with Crippen molar-refractivity contribution in [3.63, 3.8) is 0 Å². The van der Waals surface area contributed by atoms with E-state index in [1.165, 1.54) is 0 Å². The van der Waals surface area contributed by atoms with E-state index < -0.39 is 0 Å². The van der Waals surface area contributed by atoms with E-state index in [2.05, 4.69) is 22.8 Å². The van der Waals surface area contributed by atoms with Crippen LogP contribution in [-0.2, 0) is 6.61 Å². The minimum atomic E-state index is 0.390. The summed E-state index contributed by atoms with van der Waals surface area (Å²) in [6, 6.07) is 12.1. The fourth-order valence-electron chi connectivity index (χ4n) is 1.67. The molecule has 0 aliphatic carbocycles. The van der Waals surface area contributed by atoms with Gasteiger partial charge in [-0.1, -0.05) is 17.9 Å². The van der Waals surface area contributed by atoms with E-state index in [4.69, 9.17) is 10.5 Å². The number of ether oxygens (including phenoxy) is 1. The van der Waals surface area contributed by atoms with Crippen LogP contribution in [0, 0.1) is 11.8 Å². The van der Waals surface area contributed by atoms with E-state index in [9.17, 15) is 0 Å². The first-order valence-corrected chi connectivity index (χ1v) is 7.18. The van der Waals surface area contributed by atoms with E-state index in [-0.39, 0.29) is 0 Å². The van der Waals surface area contributed by atoms with Gasteiger partial charge in [0.25, 0.3) is 0 Å². The van der Waals surface area contributed by atoms with Crippen molar-refractivity contribution >= 4 is 17.0 Å². The fraction of sp³-hybridized carbons (Fsp3) is 0.250. The highest BCUT2D eigenvalue weighted by molar-refractivity contribution is 7.12. The second-order valence-corrected chi connectivity index (χ2v) is 5.62. The molecule has 4 heteroatoms. The summed E-state index contributed by atoms with van der Waals surface area (Å²) in [5, 5.41) is 0. The number of nitrogens with zero attached hydrogens (tertiary/aromatic N) is 1. The smallest absolute Gasteiger partial charge is 0.122 e. The molecule has 0 saturated carbocycles. The molecule has 2 rings (SSSR count). The van der Waals surface area contributed by atoms with Crippen LogP contribution in [0.2, 0.25) is 0 Å². The lowest BCUT2D eigenvalue weighted by Gasteiger charge is -2.13. The predicted octanol–water partition coefficient (Wildman–Crippen LogP) is 2.70. The molecule has 1 aromatic carbocycles. The number of hydrogen-bond acceptors (Lipinski definition) is 4. The fourth-order valence-corrected chi connectivity index (χ4v) is 2.46. The Morgan fingerprint density at radius 1 is 1.25 bits per heavy atom. The van der Waals surface area contributed by atoms with Gasteiger partial charge in [0, 0.05) is 30.7 Å². The lowest BCUT2D eigenvalue weighted by molar-refractivity contribution is 0.310. The molecule has 0 amide bonds. The average Bonchev–Trinajstić information content (AvgIpc) is 2.91. The summed E-state index contributed by atoms with van der Waals surface area (Å²) >= 11 is 1.64. The molecular formula is C16H18N2OS. The first-order chi connectivity index (χ1) is 9.69. The Kier molecular flexibility index (Phi) is 5.05. The van der Waals surface area contributed by atoms with Gasteiger partial charge >= 0.3 is 0 Å². The van der Waals surface area contributed by atoms with Crippen molar-refractivity contribution in [2.45, 2.75) is 6.61 Å². The topological polar surface area (TPSA) is 38.5 Å². The lowest BCUT2D eigenvalue weighted by atomic mass is 10.3. The van der Waals surface area contributed by atoms with Crippen LogP contribution in [-0.4, -0.2) is 20.6 Å². The monoisotopic (exact) mass is 286 g/mol. The van der Waals surface area contributed by atoms with Crippen LogP contribution in [0.3, 0.4) is 0 Å². The van der Waals surface area contributed by atoms with Gasteiger partial charge in [-0.15, -0.1) is 11.3 Å². The molecule has 2 aromatic rings. The van der Waals surface area contributed by atoms with Crippen LogP contribution in [0.1, 0.15) is 9.75 Å². The molecule has 0 spiro atoms. The Balaban J connectivity index is 1.98. The van der Waals surface area contributed by atoms with Gasteiger partial charge in [-0.3, -0.25) is 0 Å². The molecule has 0 bridgehead atoms. The highest BCUT2D eigenvalue weighted by atomic mass is 32.1. The Morgan fingerprint density at radius 2 is 2.10 bits per heavy atom. The average molecular weight is 286 g/mol. The van der Waals surface area contributed by atoms with Crippen molar-refractivity contribution in [3.8, 4) is 17.6 Å². The molecule has 104 valence electrons. The first kappa shape index (κ1) is 14.4. The second-order valence-electron chi connectivity index (χ2n) is 4.45. The van der Waals surface area contributed by atoms with E-state index in [1.807, 2.05) is 44.4 Å². The van der Waals surface area contributed by atoms with Crippen molar-refractivity contribution in [2.75, 3.05) is 25.5 Å². The van der Waals surface area contributed by atoms with E-state index in [1.54, 1.807) is 11.3 Å². The molecule has 0 unspecified atom stereocenters. The number of rotatable bonds is 4. The van der Waals surface area contributed by atoms with Crippen LogP contribution in [0.15, 0.2) is 36.4 Å². The summed E-state index contributed by atoms with van der Waals surface area (Å²) in [7, 11) is 4.03. The predicted molar refractivity (Wildman–Crippen MR) is 85.4 cm³/mol. The quantitative estimate of drug-likeness (QED) is 0.878. The van der Waals surface area contributed by atoms with Gasteiger partial charge in [-0.2, -0.15) is 0 Å². The van der Waals surface area contributed by atoms with Gasteiger partial charge in [0.1, 0.15) is 12.4 Å². The molecular weight excluding hydrogens is 268 g/mol. The molecule has 0 fully saturated rings. The van der Waals surface area contributed by atoms with Crippen molar-refractivity contribution in [3.05, 3.63) is 46.2 Å². The lowest BCUT2D eigenvalue weighted by Crippen LogP contribution is -2.08. The number of nitrogens with two attached hydrogens (primary N) is 1. The van der Waals surface area contributed by atoms with E-state index >= 15 is 0 Å². The Morgan fingerprint density at radius 3 is 2.85 bits per heavy atom. The maximum absolute atomic E-state index is 5.81. The second kappa shape index (κ2) is 6.99. The van der Waals surface area contributed by atoms with E-state index in [0.29, 0.717) is 13.2 Å². The van der Waals surface area contributed by atoms with Gasteiger partial charge < -0.3 is 15.4 Å². The third kappa shape index (κ3) is 4.02. The third-order valence-electron chi connectivity index (χ3n) is 2.69. The molecule has 20 heavy (non-hydrogen) atoms. The standard InChI is InChI=1S/C16H18N2OS/c1-18(2)13-5-3-6-14(11-13)19-12-16-9-8-15(20-16)7-4-10-17/h3,5-6,8-9,11H,10,12,17H2,1-2H3. The summed E-state index contributed by atoms with van der Waals surface area (Å²) in [4.78, 5) is 4.23. The largest absolute Gasteiger partial charge is 0.488 e. The summed E-state index contributed by atoms with van der Waals surface area (Å²) < 4.78 is 5.81. The minimum Gasteiger partial charge on any atom is -0.488 e. The molecule has 2 N–H and O–H groups in total. The number of benzene rings is 1. The zero-order valence-corrected chi connectivity index (χ0v) is 12.5. The normalized spacial score (nSPS) is 9.75. The van der Waals surface area contributed by atoms with Gasteiger partial charge in [-0.05, 0) is 24.3 Å². The summed E-state index contributed by atoms with van der Waals surface area (Å²) in [5.74, 6) is 6.76. The maximum Gasteiger partial charge on any atom is 0.122 e.